The molecule has 2 atom stereocenters. The van der Waals surface area contributed by atoms with Crippen LogP contribution >= 0.6 is 23.5 Å². The fourth-order valence-corrected chi connectivity index (χ4v) is 6.41. The van der Waals surface area contributed by atoms with E-state index in [4.69, 9.17) is 14.4 Å². The number of nitrogens with one attached hydrogen (secondary N) is 1. The van der Waals surface area contributed by atoms with Crippen molar-refractivity contribution < 1.29 is 38.6 Å². The number of hydrogen-bond acceptors (Lipinski definition) is 12. The first-order valence-electron chi connectivity index (χ1n) is 11.4. The zero-order valence-corrected chi connectivity index (χ0v) is 22.0. The summed E-state index contributed by atoms with van der Waals surface area (Å²) < 4.78 is 6.92. The number of nitrogens with zero attached hydrogens (tertiary/aromatic N) is 6. The van der Waals surface area contributed by atoms with Gasteiger partial charge in [0.25, 0.3) is 11.8 Å². The summed E-state index contributed by atoms with van der Waals surface area (Å²) >= 11 is 2.42. The summed E-state index contributed by atoms with van der Waals surface area (Å²) in [6.45, 7) is -0.618. The van der Waals surface area contributed by atoms with Gasteiger partial charge in [-0.25, -0.2) is 9.59 Å². The quantitative estimate of drug-likeness (QED) is 0.117. The van der Waals surface area contributed by atoms with Crippen LogP contribution in [0.15, 0.2) is 61.2 Å². The number of furan rings is 1. The maximum Gasteiger partial charge on any atom is 0.367 e. The Kier molecular flexibility index (Phi) is 7.35. The highest BCUT2D eigenvalue weighted by Crippen LogP contribution is 2.41. The Morgan fingerprint density at radius 2 is 2.05 bits per heavy atom. The lowest BCUT2D eigenvalue weighted by Gasteiger charge is -2.49. The number of aromatic nitrogens is 4. The molecule has 2 amide bonds. The molecule has 208 valence electrons. The van der Waals surface area contributed by atoms with Crippen LogP contribution in [-0.2, 0) is 30.6 Å². The van der Waals surface area contributed by atoms with E-state index in [1.54, 1.807) is 12.1 Å². The van der Waals surface area contributed by atoms with Crippen molar-refractivity contribution in [1.82, 2.24) is 29.6 Å². The van der Waals surface area contributed by atoms with Crippen molar-refractivity contribution >= 4 is 58.6 Å². The predicted molar refractivity (Wildman–Crippen MR) is 138 cm³/mol. The van der Waals surface area contributed by atoms with Crippen LogP contribution in [0.25, 0.3) is 5.65 Å². The summed E-state index contributed by atoms with van der Waals surface area (Å²) in [6.07, 6.45) is 1.35. The van der Waals surface area contributed by atoms with E-state index in [9.17, 15) is 29.1 Å². The van der Waals surface area contributed by atoms with E-state index in [2.05, 4.69) is 20.7 Å². The van der Waals surface area contributed by atoms with Crippen LogP contribution in [0.5, 0.6) is 0 Å². The molecule has 1 unspecified atom stereocenters. The van der Waals surface area contributed by atoms with E-state index in [0.717, 1.165) is 25.9 Å². The zero-order chi connectivity index (χ0) is 28.6. The van der Waals surface area contributed by atoms with Crippen molar-refractivity contribution in [2.24, 2.45) is 5.16 Å². The number of carboxylic acid groups (broad SMARTS) is 2. The molecule has 5 heterocycles. The molecule has 2 aliphatic rings. The molecule has 3 aromatic heterocycles. The molecule has 0 aromatic carbocycles. The summed E-state index contributed by atoms with van der Waals surface area (Å²) in [7, 11) is 1.26. The molecule has 3 N–H and O–H groups in total. The number of carboxylic acids is 2. The summed E-state index contributed by atoms with van der Waals surface area (Å²) in [6, 6.07) is 5.13. The molecule has 40 heavy (non-hydrogen) atoms. The van der Waals surface area contributed by atoms with Gasteiger partial charge in [0.15, 0.2) is 11.4 Å². The Hall–Kier alpha value is -4.58. The van der Waals surface area contributed by atoms with Gasteiger partial charge in [0.2, 0.25) is 5.71 Å². The highest BCUT2D eigenvalue weighted by atomic mass is 32.2. The topological polar surface area (TPSA) is 211 Å². The highest BCUT2D eigenvalue weighted by molar-refractivity contribution is 8.01. The molecule has 5 rings (SSSR count). The smallest absolute Gasteiger partial charge is 0.367 e. The van der Waals surface area contributed by atoms with Gasteiger partial charge < -0.3 is 24.8 Å². The third-order valence-corrected chi connectivity index (χ3v) is 8.13. The lowest BCUT2D eigenvalue weighted by molar-refractivity contribution is -0.150. The fraction of sp³-hybridized carbons (Fsp3) is 0.273. The molecule has 0 radical (unpaired) electrons. The highest BCUT2D eigenvalue weighted by Gasteiger charge is 2.54. The van der Waals surface area contributed by atoms with Gasteiger partial charge >= 0.3 is 17.6 Å². The van der Waals surface area contributed by atoms with Crippen LogP contribution in [0.3, 0.4) is 0 Å². The number of oxime groups is 1. The van der Waals surface area contributed by atoms with Crippen molar-refractivity contribution in [3.63, 3.8) is 0 Å². The van der Waals surface area contributed by atoms with E-state index in [0.29, 0.717) is 10.6 Å². The molecule has 1 saturated heterocycles. The van der Waals surface area contributed by atoms with Gasteiger partial charge in [-0.05, 0) is 29.8 Å². The summed E-state index contributed by atoms with van der Waals surface area (Å²) in [4.78, 5) is 67.1. The van der Waals surface area contributed by atoms with E-state index in [1.165, 1.54) is 37.3 Å². The van der Waals surface area contributed by atoms with Crippen LogP contribution in [0.4, 0.5) is 0 Å². The third-order valence-electron chi connectivity index (χ3n) is 5.78. The number of aliphatic carboxylic acids is 2. The number of β-lactam (4-membered cyclic amide) rings is 1. The molecule has 3 aromatic rings. The van der Waals surface area contributed by atoms with Gasteiger partial charge in [-0.15, -0.1) is 28.6 Å². The van der Waals surface area contributed by atoms with Gasteiger partial charge in [-0.2, -0.15) is 14.3 Å². The number of rotatable bonds is 10. The van der Waals surface area contributed by atoms with Crippen LogP contribution in [0.2, 0.25) is 0 Å². The maximum absolute atomic E-state index is 13.0. The average Bonchev–Trinajstić information content (AvgIpc) is 3.56. The molecule has 0 saturated carbocycles. The van der Waals surface area contributed by atoms with Crippen LogP contribution < -0.4 is 11.0 Å². The van der Waals surface area contributed by atoms with Crippen molar-refractivity contribution in [2.75, 3.05) is 18.6 Å². The first kappa shape index (κ1) is 27.0. The Morgan fingerprint density at radius 3 is 2.73 bits per heavy atom. The lowest BCUT2D eigenvalue weighted by Crippen LogP contribution is -2.71. The van der Waals surface area contributed by atoms with Crippen molar-refractivity contribution in [3.8, 4) is 0 Å². The summed E-state index contributed by atoms with van der Waals surface area (Å²) in [5, 5.41) is 32.9. The maximum atomic E-state index is 13.0. The molecule has 0 spiro atoms. The number of amides is 2. The number of carbonyl (C=O) groups excluding carboxylic acids is 2. The second-order valence-corrected chi connectivity index (χ2v) is 10.4. The molecule has 2 aliphatic heterocycles. The zero-order valence-electron chi connectivity index (χ0n) is 20.4. The normalized spacial score (nSPS) is 18.9. The molecular weight excluding hydrogens is 570 g/mol. The van der Waals surface area contributed by atoms with Crippen molar-refractivity contribution in [3.05, 3.63) is 58.0 Å². The minimum absolute atomic E-state index is 0.132. The van der Waals surface area contributed by atoms with Crippen LogP contribution in [-0.4, -0.2) is 94.0 Å². The largest absolute Gasteiger partial charge is 0.480 e. The SMILES string of the molecule is CO/N=C(\C(=O)NC1C(=O)N2C(C(=O)O)=C(CSc3ccc4nn(CC(=O)O)c(=O)n4n3)CS[C@H]12)c1ccco1. The van der Waals surface area contributed by atoms with Gasteiger partial charge in [-0.3, -0.25) is 19.3 Å². The predicted octanol–water partition coefficient (Wildman–Crippen LogP) is -0.550. The standard InChI is InChI=1S/C22H19N7O9S2/c1-37-26-15(11-3-2-6-38-11)18(32)23-16-19(33)28-17(21(34)35)10(9-40-20(16)28)8-39-13-5-4-12-24-27(7-14(30)31)22(36)29(12)25-13/h2-6,16,20H,7-9H2,1H3,(H,23,32)(H,30,31)(H,34,35)/b26-15-/t16?,20-/m1/s1. The third kappa shape index (κ3) is 4.93. The van der Waals surface area contributed by atoms with Gasteiger partial charge in [-0.1, -0.05) is 5.16 Å². The monoisotopic (exact) mass is 589 g/mol. The Bertz CT molecular complexity index is 1640. The second-order valence-electron chi connectivity index (χ2n) is 8.28. The number of carbonyl (C=O) groups is 4. The molecule has 0 bridgehead atoms. The first-order chi connectivity index (χ1) is 19.2. The number of fused-ring (bicyclic) bond motifs is 2. The van der Waals surface area contributed by atoms with Crippen molar-refractivity contribution in [2.45, 2.75) is 23.0 Å². The fourth-order valence-electron chi connectivity index (χ4n) is 4.07. The Morgan fingerprint density at radius 1 is 1.25 bits per heavy atom. The van der Waals surface area contributed by atoms with Gasteiger partial charge in [0.1, 0.15) is 35.8 Å². The Balaban J connectivity index is 1.31. The second kappa shape index (κ2) is 10.9. The molecular formula is C22H19N7O9S2. The van der Waals surface area contributed by atoms with Crippen LogP contribution in [0, 0.1) is 0 Å². The average molecular weight is 590 g/mol. The number of hydrogen-bond donors (Lipinski definition) is 3. The van der Waals surface area contributed by atoms with Crippen LogP contribution in [0.1, 0.15) is 5.76 Å². The number of thioether (sulfide) groups is 2. The molecule has 1 fully saturated rings. The minimum Gasteiger partial charge on any atom is -0.480 e. The van der Waals surface area contributed by atoms with E-state index in [1.807, 2.05) is 0 Å². The van der Waals surface area contributed by atoms with Crippen molar-refractivity contribution in [1.29, 1.82) is 0 Å². The Labute approximate surface area is 231 Å². The molecule has 0 aliphatic carbocycles. The molecule has 16 nitrogen and oxygen atoms in total. The minimum atomic E-state index is -1.30. The van der Waals surface area contributed by atoms with E-state index in [-0.39, 0.29) is 34.3 Å². The lowest BCUT2D eigenvalue weighted by atomic mass is 10.0. The van der Waals surface area contributed by atoms with E-state index >= 15 is 0 Å². The molecule has 18 heteroatoms. The summed E-state index contributed by atoms with van der Waals surface area (Å²) in [5.41, 5.74) is -0.489. The van der Waals surface area contributed by atoms with Gasteiger partial charge in [0, 0.05) is 11.5 Å². The summed E-state index contributed by atoms with van der Waals surface area (Å²) in [5.74, 6) is -3.32. The first-order valence-corrected chi connectivity index (χ1v) is 13.4. The van der Waals surface area contributed by atoms with E-state index < -0.39 is 47.4 Å². The van der Waals surface area contributed by atoms with Gasteiger partial charge in [0.05, 0.1) is 6.26 Å².